The van der Waals surface area contributed by atoms with E-state index < -0.39 is 18.2 Å². The number of aliphatic hydroxyl groups is 2. The van der Waals surface area contributed by atoms with Crippen LogP contribution in [0.2, 0.25) is 0 Å². The first kappa shape index (κ1) is 52.6. The lowest BCUT2D eigenvalue weighted by atomic mass is 10.0. The molecule has 1 amide bonds. The van der Waals surface area contributed by atoms with Gasteiger partial charge in [0.25, 0.3) is 0 Å². The maximum Gasteiger partial charge on any atom is 0.306 e. The molecule has 0 saturated carbocycles. The van der Waals surface area contributed by atoms with Crippen molar-refractivity contribution >= 4 is 11.9 Å². The molecule has 3 atom stereocenters. The van der Waals surface area contributed by atoms with E-state index in [0.717, 1.165) is 64.2 Å². The van der Waals surface area contributed by atoms with Crippen LogP contribution in [-0.4, -0.2) is 46.9 Å². The van der Waals surface area contributed by atoms with E-state index in [-0.39, 0.29) is 24.9 Å². The first-order valence-corrected chi connectivity index (χ1v) is 23.0. The van der Waals surface area contributed by atoms with Crippen LogP contribution in [-0.2, 0) is 14.3 Å². The predicted molar refractivity (Wildman–Crippen MR) is 236 cm³/mol. The van der Waals surface area contributed by atoms with Gasteiger partial charge in [0.05, 0.1) is 25.2 Å². The van der Waals surface area contributed by atoms with Crippen molar-refractivity contribution in [2.24, 2.45) is 0 Å². The van der Waals surface area contributed by atoms with Gasteiger partial charge in [-0.1, -0.05) is 184 Å². The largest absolute Gasteiger partial charge is 0.461 e. The van der Waals surface area contributed by atoms with Crippen molar-refractivity contribution in [3.8, 4) is 0 Å². The zero-order valence-electron chi connectivity index (χ0n) is 36.0. The number of carbonyl (C=O) groups excluding carboxylic acids is 2. The highest BCUT2D eigenvalue weighted by Gasteiger charge is 2.23. The van der Waals surface area contributed by atoms with Crippen LogP contribution in [0, 0.1) is 0 Å². The first-order valence-electron chi connectivity index (χ1n) is 23.0. The van der Waals surface area contributed by atoms with Crippen LogP contribution in [0.25, 0.3) is 0 Å². The van der Waals surface area contributed by atoms with Crippen molar-refractivity contribution < 1.29 is 24.5 Å². The molecule has 0 radical (unpaired) electrons. The lowest BCUT2D eigenvalue weighted by Crippen LogP contribution is -2.46. The molecule has 318 valence electrons. The summed E-state index contributed by atoms with van der Waals surface area (Å²) in [5, 5.41) is 23.5. The summed E-state index contributed by atoms with van der Waals surface area (Å²) in [4.78, 5) is 25.9. The van der Waals surface area contributed by atoms with Gasteiger partial charge in [-0.05, 0) is 70.6 Å². The van der Waals surface area contributed by atoms with Crippen molar-refractivity contribution in [3.63, 3.8) is 0 Å². The van der Waals surface area contributed by atoms with E-state index in [2.05, 4.69) is 74.7 Å². The van der Waals surface area contributed by atoms with Gasteiger partial charge in [0.15, 0.2) is 0 Å². The maximum atomic E-state index is 13.1. The minimum Gasteiger partial charge on any atom is -0.461 e. The molecular weight excluding hydrogens is 683 g/mol. The van der Waals surface area contributed by atoms with Gasteiger partial charge in [-0.2, -0.15) is 0 Å². The number of carbonyl (C=O) groups is 2. The van der Waals surface area contributed by atoms with E-state index in [1.807, 2.05) is 12.2 Å². The maximum absolute atomic E-state index is 13.1. The third-order valence-corrected chi connectivity index (χ3v) is 10.1. The van der Waals surface area contributed by atoms with Gasteiger partial charge in [-0.3, -0.25) is 9.59 Å². The second-order valence-electron chi connectivity index (χ2n) is 15.5. The van der Waals surface area contributed by atoms with E-state index in [4.69, 9.17) is 4.74 Å². The molecule has 0 saturated heterocycles. The fraction of sp³-hybridized carbons (Fsp3) is 0.755. The van der Waals surface area contributed by atoms with Crippen molar-refractivity contribution in [2.75, 3.05) is 6.61 Å². The molecular formula is C49H87NO5. The number of amides is 1. The van der Waals surface area contributed by atoms with Crippen LogP contribution < -0.4 is 5.32 Å². The van der Waals surface area contributed by atoms with Gasteiger partial charge in [0.2, 0.25) is 5.91 Å². The second kappa shape index (κ2) is 42.7. The molecule has 0 spiro atoms. The number of nitrogens with one attached hydrogen (secondary N) is 1. The second-order valence-corrected chi connectivity index (χ2v) is 15.5. The molecule has 0 aliphatic rings. The summed E-state index contributed by atoms with van der Waals surface area (Å²) in [5.74, 6) is -0.592. The molecule has 0 aromatic rings. The molecule has 0 heterocycles. The third-order valence-electron chi connectivity index (χ3n) is 10.1. The predicted octanol–water partition coefficient (Wildman–Crippen LogP) is 13.3. The van der Waals surface area contributed by atoms with Crippen LogP contribution in [0.3, 0.4) is 0 Å². The molecule has 0 aliphatic carbocycles. The Bertz CT molecular complexity index is 999. The van der Waals surface area contributed by atoms with Gasteiger partial charge in [0, 0.05) is 12.8 Å². The Morgan fingerprint density at radius 3 is 1.51 bits per heavy atom. The summed E-state index contributed by atoms with van der Waals surface area (Å²) < 4.78 is 5.83. The Balaban J connectivity index is 4.78. The highest BCUT2D eigenvalue weighted by atomic mass is 16.5. The Labute approximate surface area is 339 Å². The number of hydrogen-bond donors (Lipinski definition) is 3. The van der Waals surface area contributed by atoms with Crippen LogP contribution in [0.5, 0.6) is 0 Å². The number of ether oxygens (including phenoxy) is 1. The zero-order chi connectivity index (χ0) is 40.3. The van der Waals surface area contributed by atoms with Gasteiger partial charge >= 0.3 is 5.97 Å². The summed E-state index contributed by atoms with van der Waals surface area (Å²) in [5.41, 5.74) is 0. The molecule has 0 rings (SSSR count). The van der Waals surface area contributed by atoms with Gasteiger partial charge in [-0.25, -0.2) is 0 Å². The number of esters is 1. The van der Waals surface area contributed by atoms with E-state index >= 15 is 0 Å². The van der Waals surface area contributed by atoms with Crippen LogP contribution in [0.4, 0.5) is 0 Å². The third kappa shape index (κ3) is 38.2. The van der Waals surface area contributed by atoms with Crippen molar-refractivity contribution in [1.29, 1.82) is 0 Å². The first-order chi connectivity index (χ1) is 27.0. The average Bonchev–Trinajstić information content (AvgIpc) is 3.18. The molecule has 0 bridgehead atoms. The SMILES string of the molecule is CCCCC/C=C\C/C=C\C/C=C\C/C=C\CC(CC(=O)NC(CO)C(O)CCCCCCCCCCC)OC(=O)CCCCCCC/C=C\CCCCC. The van der Waals surface area contributed by atoms with Crippen molar-refractivity contribution in [3.05, 3.63) is 60.8 Å². The van der Waals surface area contributed by atoms with Crippen LogP contribution in [0.1, 0.15) is 213 Å². The molecule has 3 N–H and O–H groups in total. The lowest BCUT2D eigenvalue weighted by Gasteiger charge is -2.24. The van der Waals surface area contributed by atoms with Crippen LogP contribution in [0.15, 0.2) is 60.8 Å². The molecule has 6 nitrogen and oxygen atoms in total. The minimum atomic E-state index is -0.810. The van der Waals surface area contributed by atoms with E-state index in [1.165, 1.54) is 103 Å². The fourth-order valence-electron chi connectivity index (χ4n) is 6.52. The highest BCUT2D eigenvalue weighted by molar-refractivity contribution is 5.77. The normalized spacial score (nSPS) is 13.9. The smallest absolute Gasteiger partial charge is 0.306 e. The Morgan fingerprint density at radius 1 is 0.545 bits per heavy atom. The van der Waals surface area contributed by atoms with E-state index in [0.29, 0.717) is 19.3 Å². The summed E-state index contributed by atoms with van der Waals surface area (Å²) in [6.45, 7) is 6.36. The van der Waals surface area contributed by atoms with Gasteiger partial charge < -0.3 is 20.3 Å². The molecule has 0 aliphatic heterocycles. The molecule has 0 aromatic heterocycles. The highest BCUT2D eigenvalue weighted by Crippen LogP contribution is 2.15. The summed E-state index contributed by atoms with van der Waals surface area (Å²) in [6, 6.07) is -0.731. The Kier molecular flexibility index (Phi) is 40.8. The fourth-order valence-corrected chi connectivity index (χ4v) is 6.52. The van der Waals surface area contributed by atoms with Crippen LogP contribution >= 0.6 is 0 Å². The number of hydrogen-bond acceptors (Lipinski definition) is 5. The molecule has 3 unspecified atom stereocenters. The summed E-state index contributed by atoms with van der Waals surface area (Å²) in [6.07, 6.45) is 51.5. The van der Waals surface area contributed by atoms with Gasteiger partial charge in [0.1, 0.15) is 6.10 Å². The van der Waals surface area contributed by atoms with E-state index in [1.54, 1.807) is 0 Å². The Morgan fingerprint density at radius 2 is 0.964 bits per heavy atom. The molecule has 55 heavy (non-hydrogen) atoms. The number of unbranched alkanes of at least 4 members (excludes halogenated alkanes) is 19. The average molecular weight is 770 g/mol. The topological polar surface area (TPSA) is 95.9 Å². The minimum absolute atomic E-state index is 0.00300. The number of rotatable bonds is 40. The Hall–Kier alpha value is -2.44. The molecule has 0 fully saturated rings. The zero-order valence-corrected chi connectivity index (χ0v) is 36.0. The van der Waals surface area contributed by atoms with E-state index in [9.17, 15) is 19.8 Å². The molecule has 0 aromatic carbocycles. The number of allylic oxidation sites excluding steroid dienone is 9. The quantitative estimate of drug-likeness (QED) is 0.0328. The summed E-state index contributed by atoms with van der Waals surface area (Å²) >= 11 is 0. The molecule has 6 heteroatoms. The number of aliphatic hydroxyl groups excluding tert-OH is 2. The van der Waals surface area contributed by atoms with Gasteiger partial charge in [-0.15, -0.1) is 0 Å². The lowest BCUT2D eigenvalue weighted by molar-refractivity contribution is -0.150. The monoisotopic (exact) mass is 770 g/mol. The van der Waals surface area contributed by atoms with Crippen molar-refractivity contribution in [2.45, 2.75) is 232 Å². The standard InChI is InChI=1S/C49H87NO5/c1-4-7-10-13-16-19-21-23-24-25-26-29-31-34-37-40-45(55-49(54)42-39-36-33-30-27-22-20-17-14-11-8-5-2)43-48(53)50-46(44-51)47(52)41-38-35-32-28-18-15-12-9-6-3/h16-17,19-20,23-24,26,29,34,37,45-47,51-52H,4-15,18,21-22,25,27-28,30-33,35-36,38-44H2,1-3H3,(H,50,53)/b19-16-,20-17-,24-23-,29-26-,37-34-. The van der Waals surface area contributed by atoms with Crippen molar-refractivity contribution in [1.82, 2.24) is 5.32 Å². The summed E-state index contributed by atoms with van der Waals surface area (Å²) in [7, 11) is 0.